The van der Waals surface area contributed by atoms with Gasteiger partial charge in [-0.2, -0.15) is 0 Å². The van der Waals surface area contributed by atoms with Crippen LogP contribution in [0.2, 0.25) is 5.02 Å². The first kappa shape index (κ1) is 15.8. The number of hydrogen-bond donors (Lipinski definition) is 2. The van der Waals surface area contributed by atoms with E-state index in [0.717, 1.165) is 12.0 Å². The van der Waals surface area contributed by atoms with Crippen LogP contribution in [0, 0.1) is 5.92 Å². The molecular formula is C14H21ClN2O2S. The number of rotatable bonds is 6. The zero-order chi connectivity index (χ0) is 14.6. The fourth-order valence-corrected chi connectivity index (χ4v) is 4.25. The third-order valence-electron chi connectivity index (χ3n) is 3.84. The average molecular weight is 317 g/mol. The van der Waals surface area contributed by atoms with Crippen LogP contribution in [0.5, 0.6) is 0 Å². The Hall–Kier alpha value is -0.620. The zero-order valence-electron chi connectivity index (χ0n) is 11.4. The van der Waals surface area contributed by atoms with Crippen LogP contribution < -0.4 is 10.5 Å². The first-order chi connectivity index (χ1) is 9.53. The topological polar surface area (TPSA) is 72.2 Å². The van der Waals surface area contributed by atoms with E-state index in [4.69, 9.17) is 17.3 Å². The third kappa shape index (κ3) is 3.95. The Morgan fingerprint density at radius 2 is 2.00 bits per heavy atom. The number of hydrogen-bond acceptors (Lipinski definition) is 3. The number of nitrogens with two attached hydrogens (primary N) is 1. The second-order valence-corrected chi connectivity index (χ2v) is 7.45. The Labute approximate surface area is 125 Å². The molecular weight excluding hydrogens is 296 g/mol. The summed E-state index contributed by atoms with van der Waals surface area (Å²) >= 11 is 5.98. The molecule has 0 unspecified atom stereocenters. The Morgan fingerprint density at radius 3 is 2.65 bits per heavy atom. The van der Waals surface area contributed by atoms with Gasteiger partial charge in [0.2, 0.25) is 10.0 Å². The predicted molar refractivity (Wildman–Crippen MR) is 81.1 cm³/mol. The molecule has 0 amide bonds. The van der Waals surface area contributed by atoms with E-state index in [0.29, 0.717) is 19.0 Å². The minimum absolute atomic E-state index is 0.119. The van der Waals surface area contributed by atoms with Gasteiger partial charge in [-0.1, -0.05) is 43.4 Å². The maximum absolute atomic E-state index is 12.3. The molecule has 3 N–H and O–H groups in total. The predicted octanol–water partition coefficient (Wildman–Crippen LogP) is 2.66. The minimum atomic E-state index is -3.55. The third-order valence-corrected chi connectivity index (χ3v) is 5.78. The Kier molecular flexibility index (Phi) is 5.43. The normalized spacial score (nSPS) is 16.7. The molecule has 1 aromatic carbocycles. The van der Waals surface area contributed by atoms with Crippen LogP contribution in [0.3, 0.4) is 0 Å². The summed E-state index contributed by atoms with van der Waals surface area (Å²) in [7, 11) is -3.55. The highest BCUT2D eigenvalue weighted by molar-refractivity contribution is 7.89. The van der Waals surface area contributed by atoms with Gasteiger partial charge in [0, 0.05) is 13.1 Å². The highest BCUT2D eigenvalue weighted by Crippen LogP contribution is 2.27. The van der Waals surface area contributed by atoms with Gasteiger partial charge >= 0.3 is 0 Å². The van der Waals surface area contributed by atoms with Crippen molar-refractivity contribution in [3.63, 3.8) is 0 Å². The van der Waals surface area contributed by atoms with Crippen molar-refractivity contribution in [3.05, 3.63) is 28.8 Å². The molecule has 0 aromatic heterocycles. The molecule has 20 heavy (non-hydrogen) atoms. The van der Waals surface area contributed by atoms with Crippen LogP contribution in [0.1, 0.15) is 37.7 Å². The largest absolute Gasteiger partial charge is 0.326 e. The summed E-state index contributed by atoms with van der Waals surface area (Å²) in [6, 6.07) is 4.86. The van der Waals surface area contributed by atoms with E-state index in [1.165, 1.54) is 25.7 Å². The first-order valence-electron chi connectivity index (χ1n) is 7.01. The van der Waals surface area contributed by atoms with Crippen LogP contribution in [-0.2, 0) is 16.6 Å². The van der Waals surface area contributed by atoms with Gasteiger partial charge in [0.05, 0.1) is 5.02 Å². The van der Waals surface area contributed by atoms with E-state index in [-0.39, 0.29) is 9.92 Å². The molecule has 0 heterocycles. The van der Waals surface area contributed by atoms with Crippen LogP contribution in [-0.4, -0.2) is 15.0 Å². The van der Waals surface area contributed by atoms with Crippen LogP contribution >= 0.6 is 11.6 Å². The molecule has 1 saturated carbocycles. The maximum Gasteiger partial charge on any atom is 0.242 e. The van der Waals surface area contributed by atoms with Crippen molar-refractivity contribution in [1.29, 1.82) is 0 Å². The molecule has 1 aliphatic rings. The van der Waals surface area contributed by atoms with Crippen molar-refractivity contribution in [2.75, 3.05) is 6.54 Å². The highest BCUT2D eigenvalue weighted by atomic mass is 35.5. The van der Waals surface area contributed by atoms with Crippen molar-refractivity contribution in [2.45, 2.75) is 43.5 Å². The zero-order valence-corrected chi connectivity index (χ0v) is 13.0. The van der Waals surface area contributed by atoms with Crippen molar-refractivity contribution < 1.29 is 8.42 Å². The molecule has 2 rings (SSSR count). The maximum atomic E-state index is 12.3. The first-order valence-corrected chi connectivity index (χ1v) is 8.87. The van der Waals surface area contributed by atoms with E-state index >= 15 is 0 Å². The van der Waals surface area contributed by atoms with Gasteiger partial charge in [-0.3, -0.25) is 0 Å². The number of benzene rings is 1. The molecule has 0 atom stereocenters. The molecule has 1 aliphatic carbocycles. The van der Waals surface area contributed by atoms with Crippen LogP contribution in [0.4, 0.5) is 0 Å². The summed E-state index contributed by atoms with van der Waals surface area (Å²) in [6.45, 7) is 0.762. The number of sulfonamides is 1. The van der Waals surface area contributed by atoms with Gasteiger partial charge < -0.3 is 5.73 Å². The van der Waals surface area contributed by atoms with Gasteiger partial charge in [0.1, 0.15) is 4.90 Å². The second-order valence-electron chi connectivity index (χ2n) is 5.31. The highest BCUT2D eigenvalue weighted by Gasteiger charge is 2.20. The second kappa shape index (κ2) is 6.89. The monoisotopic (exact) mass is 316 g/mol. The van der Waals surface area contributed by atoms with Crippen molar-refractivity contribution in [1.82, 2.24) is 4.72 Å². The molecule has 6 heteroatoms. The Bertz CT molecular complexity index is 554. The van der Waals surface area contributed by atoms with E-state index < -0.39 is 10.0 Å². The smallest absolute Gasteiger partial charge is 0.242 e. The fourth-order valence-electron chi connectivity index (χ4n) is 2.65. The van der Waals surface area contributed by atoms with Crippen molar-refractivity contribution >= 4 is 21.6 Å². The SMILES string of the molecule is NCc1ccc(Cl)c(S(=O)(=O)NCCC2CCCC2)c1. The summed E-state index contributed by atoms with van der Waals surface area (Å²) in [4.78, 5) is 0.119. The molecule has 0 radical (unpaired) electrons. The van der Waals surface area contributed by atoms with Gasteiger partial charge in [0.25, 0.3) is 0 Å². The Morgan fingerprint density at radius 1 is 1.30 bits per heavy atom. The lowest BCUT2D eigenvalue weighted by molar-refractivity contribution is 0.495. The summed E-state index contributed by atoms with van der Waals surface area (Å²) in [6.07, 6.45) is 5.85. The van der Waals surface area contributed by atoms with E-state index in [1.54, 1.807) is 18.2 Å². The van der Waals surface area contributed by atoms with E-state index in [2.05, 4.69) is 4.72 Å². The van der Waals surface area contributed by atoms with Crippen LogP contribution in [0.25, 0.3) is 0 Å². The summed E-state index contributed by atoms with van der Waals surface area (Å²) in [5.41, 5.74) is 6.29. The standard InChI is InChI=1S/C14H21ClN2O2S/c15-13-6-5-12(10-16)9-14(13)20(18,19)17-8-7-11-3-1-2-4-11/h5-6,9,11,17H,1-4,7-8,10,16H2. The van der Waals surface area contributed by atoms with Crippen molar-refractivity contribution in [3.8, 4) is 0 Å². The molecule has 4 nitrogen and oxygen atoms in total. The molecule has 1 fully saturated rings. The molecule has 1 aromatic rings. The number of halogens is 1. The fraction of sp³-hybridized carbons (Fsp3) is 0.571. The molecule has 112 valence electrons. The minimum Gasteiger partial charge on any atom is -0.326 e. The van der Waals surface area contributed by atoms with Gasteiger partial charge in [0.15, 0.2) is 0 Å². The molecule has 0 spiro atoms. The molecule has 0 aliphatic heterocycles. The van der Waals surface area contributed by atoms with Crippen molar-refractivity contribution in [2.24, 2.45) is 11.7 Å². The lowest BCUT2D eigenvalue weighted by atomic mass is 10.1. The van der Waals surface area contributed by atoms with Gasteiger partial charge in [-0.15, -0.1) is 0 Å². The van der Waals surface area contributed by atoms with E-state index in [1.807, 2.05) is 0 Å². The quantitative estimate of drug-likeness (QED) is 0.847. The average Bonchev–Trinajstić information content (AvgIpc) is 2.92. The van der Waals surface area contributed by atoms with E-state index in [9.17, 15) is 8.42 Å². The summed E-state index contributed by atoms with van der Waals surface area (Å²) < 4.78 is 27.2. The molecule has 0 saturated heterocycles. The summed E-state index contributed by atoms with van der Waals surface area (Å²) in [5, 5.41) is 0.232. The number of nitrogens with one attached hydrogen (secondary N) is 1. The summed E-state index contributed by atoms with van der Waals surface area (Å²) in [5.74, 6) is 0.656. The van der Waals surface area contributed by atoms with Crippen LogP contribution in [0.15, 0.2) is 23.1 Å². The lowest BCUT2D eigenvalue weighted by Gasteiger charge is -2.12. The lowest BCUT2D eigenvalue weighted by Crippen LogP contribution is -2.26. The van der Waals surface area contributed by atoms with Gasteiger partial charge in [-0.05, 0) is 30.0 Å². The molecule has 0 bridgehead atoms. The Balaban J connectivity index is 2.01. The van der Waals surface area contributed by atoms with Gasteiger partial charge in [-0.25, -0.2) is 13.1 Å².